The molecule has 1 N–H and O–H groups in total. The molecule has 0 aliphatic carbocycles. The van der Waals surface area contributed by atoms with Gasteiger partial charge in [0.05, 0.1) is 44.9 Å². The average Bonchev–Trinajstić information content (AvgIpc) is 2.54. The topological polar surface area (TPSA) is 33.1 Å². The number of benzene rings is 1. The lowest BCUT2D eigenvalue weighted by molar-refractivity contribution is 0.179. The Bertz CT molecular complexity index is 520. The lowest BCUT2D eigenvalue weighted by Gasteiger charge is -2.26. The van der Waals surface area contributed by atoms with Crippen molar-refractivity contribution in [3.05, 3.63) is 28.8 Å². The van der Waals surface area contributed by atoms with E-state index in [2.05, 4.69) is 11.1 Å². The van der Waals surface area contributed by atoms with Crippen LogP contribution in [0.1, 0.15) is 16.7 Å². The molecule has 6 heteroatoms. The molecule has 2 rings (SSSR count). The molecular weight excluding hydrogens is 215 g/mol. The molecule has 1 aromatic carbocycles. The zero-order valence-corrected chi connectivity index (χ0v) is 10.9. The first-order valence-corrected chi connectivity index (χ1v) is 6.25. The lowest BCUT2D eigenvalue weighted by Crippen LogP contribution is -2.22. The van der Waals surface area contributed by atoms with E-state index < -0.39 is 6.10 Å². The quantitative estimate of drug-likeness (QED) is 0.711. The highest BCUT2D eigenvalue weighted by molar-refractivity contribution is 7.18. The van der Waals surface area contributed by atoms with Crippen LogP contribution in [0.15, 0.2) is 18.2 Å². The molecule has 16 heavy (non-hydrogen) atoms. The molecule has 0 bridgehead atoms. The monoisotopic (exact) mass is 229 g/mol. The number of nitrogens with zero attached hydrogens (tertiary/aromatic N) is 1. The summed E-state index contributed by atoms with van der Waals surface area (Å²) in [5.74, 6) is 0. The normalized spacial score (nSPS) is 14.1. The maximum Gasteiger partial charge on any atom is 0.0940 e. The van der Waals surface area contributed by atoms with Crippen LogP contribution in [0.2, 0.25) is 5.11 Å². The zero-order chi connectivity index (χ0) is 11.9. The molecule has 2 aromatic rings. The van der Waals surface area contributed by atoms with Crippen molar-refractivity contribution >= 4 is 45.1 Å². The van der Waals surface area contributed by atoms with Gasteiger partial charge in [0.2, 0.25) is 0 Å². The number of hydrogen-bond acceptors (Lipinski definition) is 3. The number of aliphatic hydroxyl groups is 1. The van der Waals surface area contributed by atoms with Crippen LogP contribution < -0.4 is 0 Å². The average molecular weight is 229 g/mol. The van der Waals surface area contributed by atoms with Crippen molar-refractivity contribution in [3.8, 4) is 0 Å². The Kier molecular flexibility index (Phi) is 2.89. The van der Waals surface area contributed by atoms with Gasteiger partial charge in [-0.3, -0.25) is 0 Å². The lowest BCUT2D eigenvalue weighted by atomic mass is 9.39. The molecule has 0 saturated heterocycles. The van der Waals surface area contributed by atoms with Gasteiger partial charge in [0.15, 0.2) is 0 Å². The number of rotatable bonds is 2. The number of fused-ring (bicyclic) bond motifs is 1. The first-order chi connectivity index (χ1) is 7.38. The molecule has 1 aromatic heterocycles. The van der Waals surface area contributed by atoms with Crippen LogP contribution in [0.3, 0.4) is 0 Å². The Balaban J connectivity index is 2.46. The summed E-state index contributed by atoms with van der Waals surface area (Å²) < 4.78 is 1.15. The van der Waals surface area contributed by atoms with Crippen molar-refractivity contribution in [2.45, 2.75) is 18.1 Å². The predicted molar refractivity (Wildman–Crippen MR) is 77.6 cm³/mol. The van der Waals surface area contributed by atoms with E-state index in [0.29, 0.717) is 0 Å². The van der Waals surface area contributed by atoms with Gasteiger partial charge in [-0.15, -0.1) is 11.3 Å². The van der Waals surface area contributed by atoms with Gasteiger partial charge < -0.3 is 5.11 Å². The summed E-state index contributed by atoms with van der Waals surface area (Å²) in [5, 5.41) is 11.1. The molecule has 0 aliphatic heterocycles. The van der Waals surface area contributed by atoms with E-state index in [4.69, 9.17) is 0 Å². The number of aryl methyl sites for hydroxylation is 1. The van der Waals surface area contributed by atoms with E-state index in [0.717, 1.165) is 20.8 Å². The van der Waals surface area contributed by atoms with Gasteiger partial charge in [0.25, 0.3) is 0 Å². The Morgan fingerprint density at radius 3 is 2.69 bits per heavy atom. The molecule has 1 atom stereocenters. The fourth-order valence-corrected chi connectivity index (χ4v) is 2.60. The second-order valence-corrected chi connectivity index (χ2v) is 6.46. The van der Waals surface area contributed by atoms with Crippen molar-refractivity contribution in [2.75, 3.05) is 0 Å². The van der Waals surface area contributed by atoms with Gasteiger partial charge in [-0.2, -0.15) is 0 Å². The second-order valence-electron chi connectivity index (χ2n) is 5.23. The molecule has 0 fully saturated rings. The SMILES string of the molecule is BC(B)(B)C(O)c1ccc2nc(C)sc2c1. The van der Waals surface area contributed by atoms with Crippen molar-refractivity contribution in [2.24, 2.45) is 0 Å². The van der Waals surface area contributed by atoms with Crippen LogP contribution in [0.4, 0.5) is 0 Å². The molecule has 0 amide bonds. The molecule has 0 radical (unpaired) electrons. The van der Waals surface area contributed by atoms with E-state index in [1.54, 1.807) is 11.3 Å². The summed E-state index contributed by atoms with van der Waals surface area (Å²) in [6.45, 7) is 2.00. The first-order valence-electron chi connectivity index (χ1n) is 5.43. The van der Waals surface area contributed by atoms with Crippen molar-refractivity contribution < 1.29 is 5.11 Å². The summed E-state index contributed by atoms with van der Waals surface area (Å²) in [6.07, 6.45) is -0.431. The van der Waals surface area contributed by atoms with Crippen LogP contribution in [-0.4, -0.2) is 33.6 Å². The van der Waals surface area contributed by atoms with Crippen molar-refractivity contribution in [1.82, 2.24) is 4.98 Å². The number of thiazole rings is 1. The highest BCUT2D eigenvalue weighted by Gasteiger charge is 2.24. The minimum absolute atomic E-state index is 0.132. The van der Waals surface area contributed by atoms with Gasteiger partial charge in [-0.05, 0) is 24.6 Å². The van der Waals surface area contributed by atoms with Gasteiger partial charge in [-0.25, -0.2) is 4.98 Å². The Hall–Kier alpha value is -0.735. The maximum atomic E-state index is 10.2. The fraction of sp³-hybridized carbons (Fsp3) is 0.300. The van der Waals surface area contributed by atoms with Crippen molar-refractivity contribution in [3.63, 3.8) is 0 Å². The standard InChI is InChI=1S/C10H14B3NOS/c1-5-14-7-3-2-6(4-8(7)16-5)9(15)10(11,12)13/h2-4,9,15H,11-13H2,1H3. The zero-order valence-electron chi connectivity index (χ0n) is 10.1. The van der Waals surface area contributed by atoms with Crippen molar-refractivity contribution in [1.29, 1.82) is 0 Å². The minimum Gasteiger partial charge on any atom is -0.390 e. The number of aromatic nitrogens is 1. The molecule has 80 valence electrons. The van der Waals surface area contributed by atoms with Gasteiger partial charge >= 0.3 is 0 Å². The van der Waals surface area contributed by atoms with E-state index >= 15 is 0 Å². The van der Waals surface area contributed by atoms with Crippen LogP contribution >= 0.6 is 11.3 Å². The predicted octanol–water partition coefficient (Wildman–Crippen LogP) is -0.389. The highest BCUT2D eigenvalue weighted by atomic mass is 32.1. The molecule has 0 spiro atoms. The maximum absolute atomic E-state index is 10.2. The fourth-order valence-electron chi connectivity index (χ4n) is 1.73. The third-order valence-corrected chi connectivity index (χ3v) is 3.59. The molecule has 0 saturated carbocycles. The van der Waals surface area contributed by atoms with Crippen LogP contribution in [0.5, 0.6) is 0 Å². The molecule has 2 nitrogen and oxygen atoms in total. The third kappa shape index (κ3) is 2.18. The largest absolute Gasteiger partial charge is 0.390 e. The molecule has 1 heterocycles. The Morgan fingerprint density at radius 2 is 2.06 bits per heavy atom. The summed E-state index contributed by atoms with van der Waals surface area (Å²) in [6, 6.07) is 6.01. The van der Waals surface area contributed by atoms with E-state index in [-0.39, 0.29) is 5.11 Å². The first kappa shape index (κ1) is 11.7. The van der Waals surface area contributed by atoms with E-state index in [1.807, 2.05) is 42.6 Å². The van der Waals surface area contributed by atoms with E-state index in [1.165, 1.54) is 0 Å². The van der Waals surface area contributed by atoms with Crippen LogP contribution in [-0.2, 0) is 0 Å². The minimum atomic E-state index is -0.431. The van der Waals surface area contributed by atoms with Gasteiger partial charge in [0, 0.05) is 0 Å². The summed E-state index contributed by atoms with van der Waals surface area (Å²) in [7, 11) is 6.12. The number of aliphatic hydroxyl groups excluding tert-OH is 1. The molecule has 1 unspecified atom stereocenters. The van der Waals surface area contributed by atoms with Crippen LogP contribution in [0.25, 0.3) is 10.2 Å². The third-order valence-electron chi connectivity index (χ3n) is 2.66. The molecule has 0 aliphatic rings. The summed E-state index contributed by atoms with van der Waals surface area (Å²) in [5.41, 5.74) is 2.00. The summed E-state index contributed by atoms with van der Waals surface area (Å²) in [4.78, 5) is 4.41. The molecular formula is C10H14B3NOS. The second kappa shape index (κ2) is 3.93. The Morgan fingerprint density at radius 1 is 1.38 bits per heavy atom. The smallest absolute Gasteiger partial charge is 0.0940 e. The highest BCUT2D eigenvalue weighted by Crippen LogP contribution is 2.33. The Labute approximate surface area is 102 Å². The summed E-state index contributed by atoms with van der Waals surface area (Å²) >= 11 is 1.67. The van der Waals surface area contributed by atoms with Gasteiger partial charge in [0.1, 0.15) is 0 Å². The van der Waals surface area contributed by atoms with Gasteiger partial charge in [-0.1, -0.05) is 11.2 Å². The number of hydrogen-bond donors (Lipinski definition) is 1. The van der Waals surface area contributed by atoms with Crippen LogP contribution in [0, 0.1) is 6.92 Å². The van der Waals surface area contributed by atoms with E-state index in [9.17, 15) is 5.11 Å².